The molecule has 3 aliphatic heterocycles. The van der Waals surface area contributed by atoms with Crippen LogP contribution in [0.2, 0.25) is 0 Å². The summed E-state index contributed by atoms with van der Waals surface area (Å²) >= 11 is 0. The Labute approximate surface area is 128 Å². The molecule has 0 saturated carbocycles. The summed E-state index contributed by atoms with van der Waals surface area (Å²) < 4.78 is 5.73. The third-order valence-electron chi connectivity index (χ3n) is 5.01. The SMILES string of the molecule is O=C(CC1CCCN1)N1CCCN(CC2CCCO2)CC1. The van der Waals surface area contributed by atoms with Gasteiger partial charge in [0.25, 0.3) is 0 Å². The van der Waals surface area contributed by atoms with Crippen LogP contribution in [0.15, 0.2) is 0 Å². The van der Waals surface area contributed by atoms with Crippen molar-refractivity contribution in [2.24, 2.45) is 0 Å². The summed E-state index contributed by atoms with van der Waals surface area (Å²) in [5, 5.41) is 3.42. The predicted molar refractivity (Wildman–Crippen MR) is 82.3 cm³/mol. The quantitative estimate of drug-likeness (QED) is 0.835. The molecule has 0 aromatic heterocycles. The minimum absolute atomic E-state index is 0.341. The van der Waals surface area contributed by atoms with Crippen molar-refractivity contribution in [3.05, 3.63) is 0 Å². The van der Waals surface area contributed by atoms with Crippen LogP contribution in [-0.4, -0.2) is 73.7 Å². The van der Waals surface area contributed by atoms with Gasteiger partial charge in [-0.05, 0) is 45.2 Å². The van der Waals surface area contributed by atoms with Crippen molar-refractivity contribution in [2.45, 2.75) is 50.7 Å². The molecule has 3 aliphatic rings. The van der Waals surface area contributed by atoms with Crippen molar-refractivity contribution in [3.63, 3.8) is 0 Å². The maximum atomic E-state index is 12.4. The number of hydrogen-bond donors (Lipinski definition) is 1. The summed E-state index contributed by atoms with van der Waals surface area (Å²) in [7, 11) is 0. The molecule has 5 heteroatoms. The maximum Gasteiger partial charge on any atom is 0.224 e. The molecule has 3 rings (SSSR count). The summed E-state index contributed by atoms with van der Waals surface area (Å²) in [5.41, 5.74) is 0. The highest BCUT2D eigenvalue weighted by atomic mass is 16.5. The molecule has 2 atom stereocenters. The van der Waals surface area contributed by atoms with Crippen LogP contribution in [0.3, 0.4) is 0 Å². The van der Waals surface area contributed by atoms with Gasteiger partial charge in [0.1, 0.15) is 0 Å². The molecule has 2 unspecified atom stereocenters. The first-order valence-corrected chi connectivity index (χ1v) is 8.66. The predicted octanol–water partition coefficient (Wildman–Crippen LogP) is 0.842. The van der Waals surface area contributed by atoms with Crippen LogP contribution in [0.5, 0.6) is 0 Å². The molecule has 0 aromatic carbocycles. The third-order valence-corrected chi connectivity index (χ3v) is 5.01. The number of ether oxygens (including phenoxy) is 1. The Bertz CT molecular complexity index is 338. The van der Waals surface area contributed by atoms with E-state index < -0.39 is 0 Å². The zero-order valence-corrected chi connectivity index (χ0v) is 13.1. The number of rotatable bonds is 4. The lowest BCUT2D eigenvalue weighted by atomic mass is 10.1. The maximum absolute atomic E-state index is 12.4. The van der Waals surface area contributed by atoms with Gasteiger partial charge in [0.15, 0.2) is 0 Å². The van der Waals surface area contributed by atoms with Gasteiger partial charge >= 0.3 is 0 Å². The average Bonchev–Trinajstić information content (AvgIpc) is 3.11. The molecule has 120 valence electrons. The van der Waals surface area contributed by atoms with E-state index in [9.17, 15) is 4.79 Å². The third kappa shape index (κ3) is 4.41. The van der Waals surface area contributed by atoms with Gasteiger partial charge in [-0.1, -0.05) is 0 Å². The largest absolute Gasteiger partial charge is 0.377 e. The lowest BCUT2D eigenvalue weighted by molar-refractivity contribution is -0.131. The zero-order valence-electron chi connectivity index (χ0n) is 13.1. The van der Waals surface area contributed by atoms with Crippen molar-refractivity contribution < 1.29 is 9.53 Å². The summed E-state index contributed by atoms with van der Waals surface area (Å²) in [5.74, 6) is 0.341. The van der Waals surface area contributed by atoms with Crippen molar-refractivity contribution in [1.29, 1.82) is 0 Å². The number of carbonyl (C=O) groups excluding carboxylic acids is 1. The Kier molecular flexibility index (Phi) is 5.49. The van der Waals surface area contributed by atoms with Gasteiger partial charge in [-0.2, -0.15) is 0 Å². The average molecular weight is 295 g/mol. The van der Waals surface area contributed by atoms with E-state index in [1.54, 1.807) is 0 Å². The van der Waals surface area contributed by atoms with E-state index in [-0.39, 0.29) is 0 Å². The Morgan fingerprint density at radius 2 is 2.05 bits per heavy atom. The molecule has 0 aliphatic carbocycles. The van der Waals surface area contributed by atoms with E-state index in [1.807, 2.05) is 0 Å². The normalized spacial score (nSPS) is 31.5. The highest BCUT2D eigenvalue weighted by Gasteiger charge is 2.25. The number of amides is 1. The number of nitrogens with zero attached hydrogens (tertiary/aromatic N) is 2. The molecule has 3 fully saturated rings. The summed E-state index contributed by atoms with van der Waals surface area (Å²) in [6.45, 7) is 6.97. The van der Waals surface area contributed by atoms with E-state index in [0.29, 0.717) is 24.5 Å². The van der Waals surface area contributed by atoms with E-state index in [1.165, 1.54) is 19.3 Å². The summed E-state index contributed by atoms with van der Waals surface area (Å²) in [6, 6.07) is 0.420. The zero-order chi connectivity index (χ0) is 14.5. The van der Waals surface area contributed by atoms with E-state index >= 15 is 0 Å². The van der Waals surface area contributed by atoms with E-state index in [4.69, 9.17) is 4.74 Å². The molecule has 0 radical (unpaired) electrons. The minimum atomic E-state index is 0.341. The van der Waals surface area contributed by atoms with Crippen molar-refractivity contribution in [3.8, 4) is 0 Å². The van der Waals surface area contributed by atoms with Crippen LogP contribution in [0, 0.1) is 0 Å². The van der Waals surface area contributed by atoms with Crippen LogP contribution in [0.4, 0.5) is 0 Å². The van der Waals surface area contributed by atoms with Crippen molar-refractivity contribution in [1.82, 2.24) is 15.1 Å². The van der Waals surface area contributed by atoms with Gasteiger partial charge in [0.05, 0.1) is 6.10 Å². The molecular weight excluding hydrogens is 266 g/mol. The van der Waals surface area contributed by atoms with Crippen molar-refractivity contribution >= 4 is 5.91 Å². The van der Waals surface area contributed by atoms with Gasteiger partial charge in [0.2, 0.25) is 5.91 Å². The van der Waals surface area contributed by atoms with Crippen LogP contribution >= 0.6 is 0 Å². The number of carbonyl (C=O) groups is 1. The fourth-order valence-corrected chi connectivity index (χ4v) is 3.75. The summed E-state index contributed by atoms with van der Waals surface area (Å²) in [4.78, 5) is 17.0. The number of nitrogens with one attached hydrogen (secondary N) is 1. The molecule has 1 N–H and O–H groups in total. The second-order valence-electron chi connectivity index (χ2n) is 6.67. The van der Waals surface area contributed by atoms with Crippen LogP contribution in [0.25, 0.3) is 0 Å². The van der Waals surface area contributed by atoms with Gasteiger partial charge in [-0.15, -0.1) is 0 Å². The van der Waals surface area contributed by atoms with Gasteiger partial charge in [-0.25, -0.2) is 0 Å². The molecule has 0 spiro atoms. The highest BCUT2D eigenvalue weighted by molar-refractivity contribution is 5.76. The molecule has 5 nitrogen and oxygen atoms in total. The van der Waals surface area contributed by atoms with E-state index in [2.05, 4.69) is 15.1 Å². The molecule has 0 aromatic rings. The topological polar surface area (TPSA) is 44.8 Å². The Morgan fingerprint density at radius 1 is 1.10 bits per heavy atom. The first-order valence-electron chi connectivity index (χ1n) is 8.66. The lowest BCUT2D eigenvalue weighted by Gasteiger charge is -2.24. The smallest absolute Gasteiger partial charge is 0.224 e. The molecule has 3 saturated heterocycles. The second-order valence-corrected chi connectivity index (χ2v) is 6.67. The van der Waals surface area contributed by atoms with Crippen LogP contribution in [-0.2, 0) is 9.53 Å². The van der Waals surface area contributed by atoms with Crippen molar-refractivity contribution in [2.75, 3.05) is 45.9 Å². The molecule has 0 bridgehead atoms. The van der Waals surface area contributed by atoms with E-state index in [0.717, 1.165) is 58.7 Å². The van der Waals surface area contributed by atoms with Gasteiger partial charge < -0.3 is 15.0 Å². The van der Waals surface area contributed by atoms with Gasteiger partial charge in [-0.3, -0.25) is 9.69 Å². The van der Waals surface area contributed by atoms with Crippen LogP contribution in [0.1, 0.15) is 38.5 Å². The standard InChI is InChI=1S/C16H29N3O2/c20-16(12-14-4-1-6-17-14)19-8-3-7-18(9-10-19)13-15-5-2-11-21-15/h14-15,17H,1-13H2. The first kappa shape index (κ1) is 15.3. The Morgan fingerprint density at radius 3 is 2.81 bits per heavy atom. The monoisotopic (exact) mass is 295 g/mol. The molecular formula is C16H29N3O2. The Balaban J connectivity index is 1.42. The minimum Gasteiger partial charge on any atom is -0.377 e. The lowest BCUT2D eigenvalue weighted by Crippen LogP contribution is -2.39. The molecule has 3 heterocycles. The Hall–Kier alpha value is -0.650. The number of hydrogen-bond acceptors (Lipinski definition) is 4. The van der Waals surface area contributed by atoms with Gasteiger partial charge in [0, 0.05) is 45.2 Å². The molecule has 21 heavy (non-hydrogen) atoms. The fraction of sp³-hybridized carbons (Fsp3) is 0.938. The molecule has 1 amide bonds. The fourth-order valence-electron chi connectivity index (χ4n) is 3.75. The van der Waals surface area contributed by atoms with Crippen LogP contribution < -0.4 is 5.32 Å². The highest BCUT2D eigenvalue weighted by Crippen LogP contribution is 2.16. The first-order chi connectivity index (χ1) is 10.3. The summed E-state index contributed by atoms with van der Waals surface area (Å²) in [6.07, 6.45) is 6.99. The second kappa shape index (κ2) is 7.56.